The van der Waals surface area contributed by atoms with Gasteiger partial charge in [-0.1, -0.05) is 12.1 Å². The van der Waals surface area contributed by atoms with Gasteiger partial charge in [0.15, 0.2) is 5.71 Å². The Morgan fingerprint density at radius 1 is 1.14 bits per heavy atom. The van der Waals surface area contributed by atoms with Crippen molar-refractivity contribution < 1.29 is 15.0 Å². The van der Waals surface area contributed by atoms with Crippen LogP contribution in [0.15, 0.2) is 53.6 Å². The van der Waals surface area contributed by atoms with Crippen molar-refractivity contribution in [3.05, 3.63) is 54.1 Å². The number of phenolic OH excluding ortho intramolecular Hbond substituents is 1. The number of aromatic nitrogens is 2. The maximum Gasteiger partial charge on any atom is 0.356 e. The van der Waals surface area contributed by atoms with Crippen LogP contribution in [0.3, 0.4) is 0 Å². The minimum absolute atomic E-state index is 0.0544. The standard InChI is InChI=1S/C15H12N4O3/c20-10-7-5-9(6-8-10)13(14(21)22)18-19-15-16-11-3-1-2-4-12(11)17-15/h1-8,20H,(H,21,22)(H2,16,17,19)/b18-13-. The van der Waals surface area contributed by atoms with Gasteiger partial charge in [0, 0.05) is 5.56 Å². The summed E-state index contributed by atoms with van der Waals surface area (Å²) in [5, 5.41) is 22.4. The molecule has 0 bridgehead atoms. The lowest BCUT2D eigenvalue weighted by Gasteiger charge is -2.02. The Kier molecular flexibility index (Phi) is 3.45. The van der Waals surface area contributed by atoms with Crippen LogP contribution in [0.25, 0.3) is 11.0 Å². The number of hydrogen-bond acceptors (Lipinski definition) is 5. The SMILES string of the molecule is O=C(O)/C(=N\Nc1nc2ccccc2[nH]1)c1ccc(O)cc1. The number of H-pyrrole nitrogens is 1. The van der Waals surface area contributed by atoms with Crippen molar-refractivity contribution in [1.82, 2.24) is 9.97 Å². The van der Waals surface area contributed by atoms with E-state index in [1.54, 1.807) is 0 Å². The molecular formula is C15H12N4O3. The van der Waals surface area contributed by atoms with E-state index in [-0.39, 0.29) is 11.5 Å². The number of benzene rings is 2. The molecule has 0 fully saturated rings. The van der Waals surface area contributed by atoms with Crippen LogP contribution in [0, 0.1) is 0 Å². The lowest BCUT2D eigenvalue weighted by Crippen LogP contribution is -2.16. The summed E-state index contributed by atoms with van der Waals surface area (Å²) in [5.74, 6) is -0.785. The number of phenols is 1. The quantitative estimate of drug-likeness (QED) is 0.435. The molecule has 0 spiro atoms. The molecule has 0 aliphatic carbocycles. The number of hydrazone groups is 1. The van der Waals surface area contributed by atoms with Gasteiger partial charge in [-0.25, -0.2) is 15.2 Å². The number of carboxylic acids is 1. The van der Waals surface area contributed by atoms with Crippen LogP contribution in [-0.2, 0) is 4.79 Å². The number of aromatic hydroxyl groups is 1. The summed E-state index contributed by atoms with van der Waals surface area (Å²) in [6.45, 7) is 0. The van der Waals surface area contributed by atoms with Crippen molar-refractivity contribution in [2.24, 2.45) is 5.10 Å². The van der Waals surface area contributed by atoms with E-state index >= 15 is 0 Å². The van der Waals surface area contributed by atoms with Crippen LogP contribution >= 0.6 is 0 Å². The molecule has 0 atom stereocenters. The van der Waals surface area contributed by atoms with Gasteiger partial charge in [-0.05, 0) is 36.4 Å². The number of nitrogens with zero attached hydrogens (tertiary/aromatic N) is 2. The fourth-order valence-corrected chi connectivity index (χ4v) is 1.97. The summed E-state index contributed by atoms with van der Waals surface area (Å²) < 4.78 is 0. The zero-order chi connectivity index (χ0) is 15.5. The van der Waals surface area contributed by atoms with Gasteiger partial charge in [-0.3, -0.25) is 0 Å². The molecular weight excluding hydrogens is 284 g/mol. The van der Waals surface area contributed by atoms with E-state index in [2.05, 4.69) is 20.5 Å². The largest absolute Gasteiger partial charge is 0.508 e. The Labute approximate surface area is 124 Å². The average Bonchev–Trinajstić information content (AvgIpc) is 2.91. The molecule has 3 aromatic rings. The van der Waals surface area contributed by atoms with E-state index < -0.39 is 5.97 Å². The van der Waals surface area contributed by atoms with Crippen molar-refractivity contribution in [3.8, 4) is 5.75 Å². The third kappa shape index (κ3) is 2.73. The summed E-state index contributed by atoms with van der Waals surface area (Å²) >= 11 is 0. The lowest BCUT2D eigenvalue weighted by atomic mass is 10.1. The minimum atomic E-state index is -1.19. The molecule has 3 rings (SSSR count). The van der Waals surface area contributed by atoms with Crippen molar-refractivity contribution >= 4 is 28.7 Å². The number of nitrogens with one attached hydrogen (secondary N) is 2. The second-order valence-electron chi connectivity index (χ2n) is 4.53. The summed E-state index contributed by atoms with van der Waals surface area (Å²) in [6, 6.07) is 13.2. The van der Waals surface area contributed by atoms with Crippen molar-refractivity contribution in [3.63, 3.8) is 0 Å². The Balaban J connectivity index is 1.89. The predicted octanol–water partition coefficient (Wildman–Crippen LogP) is 2.17. The van der Waals surface area contributed by atoms with Crippen molar-refractivity contribution in [2.75, 3.05) is 5.43 Å². The number of anilines is 1. The van der Waals surface area contributed by atoms with Crippen molar-refractivity contribution in [2.45, 2.75) is 0 Å². The predicted molar refractivity (Wildman–Crippen MR) is 82.0 cm³/mol. The first kappa shape index (κ1) is 13.6. The topological polar surface area (TPSA) is 111 Å². The van der Waals surface area contributed by atoms with E-state index in [9.17, 15) is 15.0 Å². The summed E-state index contributed by atoms with van der Waals surface area (Å²) in [6.07, 6.45) is 0. The van der Waals surface area contributed by atoms with Gasteiger partial charge in [-0.15, -0.1) is 0 Å². The Hall–Kier alpha value is -3.35. The monoisotopic (exact) mass is 296 g/mol. The Morgan fingerprint density at radius 2 is 1.86 bits per heavy atom. The van der Waals surface area contributed by atoms with Gasteiger partial charge in [0.1, 0.15) is 5.75 Å². The maximum atomic E-state index is 11.3. The Morgan fingerprint density at radius 3 is 2.55 bits per heavy atom. The molecule has 0 aliphatic heterocycles. The van der Waals surface area contributed by atoms with E-state index in [1.165, 1.54) is 24.3 Å². The summed E-state index contributed by atoms with van der Waals surface area (Å²) in [4.78, 5) is 18.5. The number of para-hydroxylation sites is 2. The van der Waals surface area contributed by atoms with Crippen LogP contribution in [-0.4, -0.2) is 31.9 Å². The fraction of sp³-hybridized carbons (Fsp3) is 0. The van der Waals surface area contributed by atoms with Gasteiger partial charge >= 0.3 is 5.97 Å². The third-order valence-electron chi connectivity index (χ3n) is 3.01. The molecule has 4 N–H and O–H groups in total. The molecule has 0 aliphatic rings. The first-order chi connectivity index (χ1) is 10.6. The van der Waals surface area contributed by atoms with E-state index in [0.717, 1.165) is 11.0 Å². The summed E-state index contributed by atoms with van der Waals surface area (Å²) in [7, 11) is 0. The highest BCUT2D eigenvalue weighted by atomic mass is 16.4. The van der Waals surface area contributed by atoms with Crippen LogP contribution in [0.5, 0.6) is 5.75 Å². The van der Waals surface area contributed by atoms with Gasteiger partial charge in [-0.2, -0.15) is 5.10 Å². The first-order valence-electron chi connectivity index (χ1n) is 6.44. The second-order valence-corrected chi connectivity index (χ2v) is 4.53. The van der Waals surface area contributed by atoms with Gasteiger partial charge in [0.05, 0.1) is 11.0 Å². The zero-order valence-corrected chi connectivity index (χ0v) is 11.3. The Bertz CT molecular complexity index is 820. The molecule has 0 amide bonds. The van der Waals surface area contributed by atoms with E-state index in [0.29, 0.717) is 11.5 Å². The number of aliphatic carboxylic acids is 1. The number of rotatable bonds is 4. The van der Waals surface area contributed by atoms with Crippen molar-refractivity contribution in [1.29, 1.82) is 0 Å². The van der Waals surface area contributed by atoms with Crippen LogP contribution < -0.4 is 5.43 Å². The molecule has 7 nitrogen and oxygen atoms in total. The summed E-state index contributed by atoms with van der Waals surface area (Å²) in [5.41, 5.74) is 4.37. The zero-order valence-electron chi connectivity index (χ0n) is 11.3. The molecule has 0 saturated carbocycles. The van der Waals surface area contributed by atoms with E-state index in [4.69, 9.17) is 0 Å². The molecule has 2 aromatic carbocycles. The first-order valence-corrected chi connectivity index (χ1v) is 6.44. The normalized spacial score (nSPS) is 11.5. The highest BCUT2D eigenvalue weighted by molar-refractivity contribution is 6.42. The fourth-order valence-electron chi connectivity index (χ4n) is 1.97. The molecule has 0 unspecified atom stereocenters. The smallest absolute Gasteiger partial charge is 0.356 e. The molecule has 22 heavy (non-hydrogen) atoms. The van der Waals surface area contributed by atoms with Crippen LogP contribution in [0.4, 0.5) is 5.95 Å². The third-order valence-corrected chi connectivity index (χ3v) is 3.01. The van der Waals surface area contributed by atoms with Gasteiger partial charge in [0.2, 0.25) is 5.95 Å². The second kappa shape index (κ2) is 5.57. The molecule has 7 heteroatoms. The van der Waals surface area contributed by atoms with Crippen LogP contribution in [0.1, 0.15) is 5.56 Å². The van der Waals surface area contributed by atoms with Gasteiger partial charge < -0.3 is 15.2 Å². The minimum Gasteiger partial charge on any atom is -0.508 e. The van der Waals surface area contributed by atoms with Gasteiger partial charge in [0.25, 0.3) is 0 Å². The lowest BCUT2D eigenvalue weighted by molar-refractivity contribution is -0.129. The number of carboxylic acid groups (broad SMARTS) is 1. The van der Waals surface area contributed by atoms with Crippen LogP contribution in [0.2, 0.25) is 0 Å². The maximum absolute atomic E-state index is 11.3. The number of fused-ring (bicyclic) bond motifs is 1. The average molecular weight is 296 g/mol. The molecule has 0 radical (unpaired) electrons. The highest BCUT2D eigenvalue weighted by Gasteiger charge is 2.13. The number of hydrogen-bond donors (Lipinski definition) is 4. The number of imidazole rings is 1. The molecule has 0 saturated heterocycles. The number of aromatic amines is 1. The molecule has 1 aromatic heterocycles. The number of carbonyl (C=O) groups is 1. The molecule has 110 valence electrons. The van der Waals surface area contributed by atoms with E-state index in [1.807, 2.05) is 24.3 Å². The highest BCUT2D eigenvalue weighted by Crippen LogP contribution is 2.14. The molecule has 1 heterocycles.